The molecule has 19 heavy (non-hydrogen) atoms. The van der Waals surface area contributed by atoms with Gasteiger partial charge in [-0.3, -0.25) is 14.5 Å². The standard InChI is InChI=1S/C14H19N3O2/c1-16(2)11-6-4-10(5-7-11)9-15-12-8-13(18)17(3)14(12)19/h4-7,12,15H,8-9H2,1-3H3. The third-order valence-electron chi connectivity index (χ3n) is 3.39. The Bertz CT molecular complexity index is 482. The van der Waals surface area contributed by atoms with E-state index in [2.05, 4.69) is 5.32 Å². The summed E-state index contributed by atoms with van der Waals surface area (Å²) in [5.74, 6) is -0.264. The van der Waals surface area contributed by atoms with E-state index in [9.17, 15) is 9.59 Å². The molecule has 0 saturated carbocycles. The second kappa shape index (κ2) is 5.40. The van der Waals surface area contributed by atoms with Crippen LogP contribution in [0, 0.1) is 0 Å². The van der Waals surface area contributed by atoms with Crippen LogP contribution in [0.5, 0.6) is 0 Å². The third kappa shape index (κ3) is 2.93. The highest BCUT2D eigenvalue weighted by Gasteiger charge is 2.35. The number of nitrogens with one attached hydrogen (secondary N) is 1. The number of carbonyl (C=O) groups is 2. The molecule has 0 aromatic heterocycles. The van der Waals surface area contributed by atoms with Gasteiger partial charge in [0.2, 0.25) is 11.8 Å². The first kappa shape index (κ1) is 13.5. The fraction of sp³-hybridized carbons (Fsp3) is 0.429. The molecule has 1 aliphatic rings. The smallest absolute Gasteiger partial charge is 0.246 e. The summed E-state index contributed by atoms with van der Waals surface area (Å²) < 4.78 is 0. The molecule has 1 aromatic carbocycles. The number of rotatable bonds is 4. The Morgan fingerprint density at radius 2 is 1.89 bits per heavy atom. The Labute approximate surface area is 113 Å². The number of benzene rings is 1. The summed E-state index contributed by atoms with van der Waals surface area (Å²) in [5.41, 5.74) is 2.23. The lowest BCUT2D eigenvalue weighted by molar-refractivity contribution is -0.137. The highest BCUT2D eigenvalue weighted by molar-refractivity contribution is 6.05. The molecule has 2 rings (SSSR count). The largest absolute Gasteiger partial charge is 0.378 e. The minimum atomic E-state index is -0.383. The van der Waals surface area contributed by atoms with Gasteiger partial charge in [-0.15, -0.1) is 0 Å². The Hall–Kier alpha value is -1.88. The van der Waals surface area contributed by atoms with Crippen molar-refractivity contribution < 1.29 is 9.59 Å². The van der Waals surface area contributed by atoms with E-state index >= 15 is 0 Å². The molecule has 0 aliphatic carbocycles. The van der Waals surface area contributed by atoms with Gasteiger partial charge in [-0.05, 0) is 17.7 Å². The van der Waals surface area contributed by atoms with Gasteiger partial charge < -0.3 is 10.2 Å². The number of amides is 2. The van der Waals surface area contributed by atoms with Crippen molar-refractivity contribution in [2.45, 2.75) is 19.0 Å². The zero-order valence-electron chi connectivity index (χ0n) is 11.5. The molecule has 1 aliphatic heterocycles. The van der Waals surface area contributed by atoms with Crippen molar-refractivity contribution in [1.29, 1.82) is 0 Å². The molecule has 0 radical (unpaired) electrons. The van der Waals surface area contributed by atoms with Crippen molar-refractivity contribution in [1.82, 2.24) is 10.2 Å². The fourth-order valence-electron chi connectivity index (χ4n) is 2.07. The zero-order chi connectivity index (χ0) is 14.0. The Kier molecular flexibility index (Phi) is 3.85. The van der Waals surface area contributed by atoms with Gasteiger partial charge in [0.05, 0.1) is 12.5 Å². The molecule has 5 heteroatoms. The molecule has 2 amide bonds. The van der Waals surface area contributed by atoms with Gasteiger partial charge in [-0.25, -0.2) is 0 Å². The molecule has 1 aromatic rings. The molecule has 1 heterocycles. The number of likely N-dealkylation sites (tertiary alicyclic amines) is 1. The third-order valence-corrected chi connectivity index (χ3v) is 3.39. The van der Waals surface area contributed by atoms with Crippen molar-refractivity contribution in [3.63, 3.8) is 0 Å². The first-order valence-electron chi connectivity index (χ1n) is 6.29. The SMILES string of the molecule is CN1C(=O)CC(NCc2ccc(N(C)C)cc2)C1=O. The maximum absolute atomic E-state index is 11.7. The molecular formula is C14H19N3O2. The van der Waals surface area contributed by atoms with Crippen molar-refractivity contribution in [3.05, 3.63) is 29.8 Å². The van der Waals surface area contributed by atoms with Crippen LogP contribution in [0.1, 0.15) is 12.0 Å². The number of likely N-dealkylation sites (N-methyl/N-ethyl adjacent to an activating group) is 1. The van der Waals surface area contributed by atoms with Crippen molar-refractivity contribution in [2.24, 2.45) is 0 Å². The van der Waals surface area contributed by atoms with Gasteiger partial charge in [-0.1, -0.05) is 12.1 Å². The summed E-state index contributed by atoms with van der Waals surface area (Å²) in [5, 5.41) is 3.13. The lowest BCUT2D eigenvalue weighted by Crippen LogP contribution is -2.36. The fourth-order valence-corrected chi connectivity index (χ4v) is 2.07. The number of hydrogen-bond donors (Lipinski definition) is 1. The Morgan fingerprint density at radius 1 is 1.26 bits per heavy atom. The molecule has 1 unspecified atom stereocenters. The van der Waals surface area contributed by atoms with Gasteiger partial charge in [-0.2, -0.15) is 0 Å². The normalized spacial score (nSPS) is 19.1. The number of anilines is 1. The number of imide groups is 1. The van der Waals surface area contributed by atoms with Gasteiger partial charge in [0, 0.05) is 33.4 Å². The quantitative estimate of drug-likeness (QED) is 0.806. The van der Waals surface area contributed by atoms with Crippen LogP contribution in [0.2, 0.25) is 0 Å². The first-order valence-corrected chi connectivity index (χ1v) is 6.29. The van der Waals surface area contributed by atoms with Crippen molar-refractivity contribution in [2.75, 3.05) is 26.0 Å². The molecule has 5 nitrogen and oxygen atoms in total. The van der Waals surface area contributed by atoms with E-state index in [0.29, 0.717) is 6.54 Å². The topological polar surface area (TPSA) is 52.7 Å². The summed E-state index contributed by atoms with van der Waals surface area (Å²) in [7, 11) is 5.51. The molecule has 1 atom stereocenters. The van der Waals surface area contributed by atoms with Crippen LogP contribution >= 0.6 is 0 Å². The summed E-state index contributed by atoms with van der Waals surface area (Å²) in [6, 6.07) is 7.72. The maximum atomic E-state index is 11.7. The average molecular weight is 261 g/mol. The van der Waals surface area contributed by atoms with Crippen LogP contribution in [0.4, 0.5) is 5.69 Å². The van der Waals surface area contributed by atoms with Crippen molar-refractivity contribution in [3.8, 4) is 0 Å². The summed E-state index contributed by atoms with van der Waals surface area (Å²) in [6.07, 6.45) is 0.255. The van der Waals surface area contributed by atoms with Gasteiger partial charge in [0.1, 0.15) is 0 Å². The van der Waals surface area contributed by atoms with E-state index in [0.717, 1.165) is 11.3 Å². The first-order chi connectivity index (χ1) is 8.99. The van der Waals surface area contributed by atoms with Crippen LogP contribution < -0.4 is 10.2 Å². The molecule has 1 fully saturated rings. The predicted octanol–water partition coefficient (Wildman–Crippen LogP) is 0.599. The zero-order valence-corrected chi connectivity index (χ0v) is 11.5. The van der Waals surface area contributed by atoms with Gasteiger partial charge >= 0.3 is 0 Å². The van der Waals surface area contributed by atoms with E-state index in [1.54, 1.807) is 0 Å². The summed E-state index contributed by atoms with van der Waals surface area (Å²) in [6.45, 7) is 0.589. The van der Waals surface area contributed by atoms with Crippen molar-refractivity contribution >= 4 is 17.5 Å². The van der Waals surface area contributed by atoms with E-state index in [1.165, 1.54) is 11.9 Å². The predicted molar refractivity (Wildman–Crippen MR) is 73.8 cm³/mol. The van der Waals surface area contributed by atoms with Crippen LogP contribution in [-0.4, -0.2) is 43.9 Å². The average Bonchev–Trinajstić information content (AvgIpc) is 2.64. The highest BCUT2D eigenvalue weighted by atomic mass is 16.2. The number of nitrogens with zero attached hydrogens (tertiary/aromatic N) is 2. The minimum absolute atomic E-state index is 0.120. The second-order valence-corrected chi connectivity index (χ2v) is 4.99. The van der Waals surface area contributed by atoms with E-state index in [4.69, 9.17) is 0 Å². The molecule has 1 N–H and O–H groups in total. The monoisotopic (exact) mass is 261 g/mol. The highest BCUT2D eigenvalue weighted by Crippen LogP contribution is 2.14. The van der Waals surface area contributed by atoms with E-state index in [-0.39, 0.29) is 24.3 Å². The molecule has 0 bridgehead atoms. The van der Waals surface area contributed by atoms with E-state index in [1.807, 2.05) is 43.3 Å². The van der Waals surface area contributed by atoms with Crippen LogP contribution in [-0.2, 0) is 16.1 Å². The molecule has 102 valence electrons. The lowest BCUT2D eigenvalue weighted by atomic mass is 10.1. The van der Waals surface area contributed by atoms with Gasteiger partial charge in [0.15, 0.2) is 0 Å². The maximum Gasteiger partial charge on any atom is 0.246 e. The second-order valence-electron chi connectivity index (χ2n) is 4.99. The van der Waals surface area contributed by atoms with Crippen LogP contribution in [0.3, 0.4) is 0 Å². The number of carbonyl (C=O) groups excluding carboxylic acids is 2. The van der Waals surface area contributed by atoms with Crippen LogP contribution in [0.25, 0.3) is 0 Å². The van der Waals surface area contributed by atoms with E-state index < -0.39 is 0 Å². The lowest BCUT2D eigenvalue weighted by Gasteiger charge is -2.14. The molecule has 0 spiro atoms. The summed E-state index contributed by atoms with van der Waals surface area (Å²) in [4.78, 5) is 26.3. The number of hydrogen-bond acceptors (Lipinski definition) is 4. The molecular weight excluding hydrogens is 242 g/mol. The minimum Gasteiger partial charge on any atom is -0.378 e. The summed E-state index contributed by atoms with van der Waals surface area (Å²) >= 11 is 0. The van der Waals surface area contributed by atoms with Gasteiger partial charge in [0.25, 0.3) is 0 Å². The molecule has 1 saturated heterocycles. The Morgan fingerprint density at radius 3 is 2.37 bits per heavy atom. The Balaban J connectivity index is 1.92. The van der Waals surface area contributed by atoms with Crippen LogP contribution in [0.15, 0.2) is 24.3 Å².